The highest BCUT2D eigenvalue weighted by molar-refractivity contribution is 7.94. The zero-order valence-corrected chi connectivity index (χ0v) is 11.8. The summed E-state index contributed by atoms with van der Waals surface area (Å²) in [5.41, 5.74) is 1.19. The third-order valence-corrected chi connectivity index (χ3v) is 4.21. The molecule has 3 nitrogen and oxygen atoms in total. The van der Waals surface area contributed by atoms with Gasteiger partial charge in [0.15, 0.2) is 15.6 Å². The summed E-state index contributed by atoms with van der Waals surface area (Å²) >= 11 is 0. The molecule has 0 bridgehead atoms. The van der Waals surface area contributed by atoms with E-state index in [0.717, 1.165) is 11.0 Å². The van der Waals surface area contributed by atoms with E-state index in [-0.39, 0.29) is 10.7 Å². The SMILES string of the molecule is CC(=O)c1cccc(S(=O)(=O)C=Cc2ccccc2)c1. The van der Waals surface area contributed by atoms with Crippen molar-refractivity contribution in [2.45, 2.75) is 11.8 Å². The van der Waals surface area contributed by atoms with Crippen LogP contribution in [0.5, 0.6) is 0 Å². The van der Waals surface area contributed by atoms with Crippen molar-refractivity contribution in [3.63, 3.8) is 0 Å². The minimum absolute atomic E-state index is 0.123. The molecule has 102 valence electrons. The summed E-state index contributed by atoms with van der Waals surface area (Å²) in [7, 11) is -3.55. The van der Waals surface area contributed by atoms with Crippen LogP contribution in [-0.4, -0.2) is 14.2 Å². The van der Waals surface area contributed by atoms with Crippen LogP contribution >= 0.6 is 0 Å². The molecule has 0 saturated carbocycles. The first-order chi connectivity index (χ1) is 9.49. The maximum atomic E-state index is 12.2. The number of rotatable bonds is 4. The lowest BCUT2D eigenvalue weighted by Crippen LogP contribution is -1.99. The molecular formula is C16H14O3S. The Morgan fingerprint density at radius 3 is 2.35 bits per heavy atom. The predicted octanol–water partition coefficient (Wildman–Crippen LogP) is 3.33. The molecule has 0 amide bonds. The molecule has 0 radical (unpaired) electrons. The van der Waals surface area contributed by atoms with Gasteiger partial charge in [-0.05, 0) is 30.7 Å². The number of carbonyl (C=O) groups is 1. The molecule has 0 N–H and O–H groups in total. The van der Waals surface area contributed by atoms with E-state index in [4.69, 9.17) is 0 Å². The van der Waals surface area contributed by atoms with Gasteiger partial charge in [0.25, 0.3) is 0 Å². The van der Waals surface area contributed by atoms with E-state index in [9.17, 15) is 13.2 Å². The number of carbonyl (C=O) groups excluding carboxylic acids is 1. The first kappa shape index (κ1) is 14.2. The zero-order chi connectivity index (χ0) is 14.6. The maximum absolute atomic E-state index is 12.2. The number of hydrogen-bond acceptors (Lipinski definition) is 3. The van der Waals surface area contributed by atoms with Gasteiger partial charge in [0, 0.05) is 11.0 Å². The first-order valence-electron chi connectivity index (χ1n) is 6.08. The Bertz CT molecular complexity index is 744. The second kappa shape index (κ2) is 5.84. The fraction of sp³-hybridized carbons (Fsp3) is 0.0625. The van der Waals surface area contributed by atoms with Crippen molar-refractivity contribution in [2.24, 2.45) is 0 Å². The molecule has 0 spiro atoms. The highest BCUT2D eigenvalue weighted by Gasteiger charge is 2.11. The quantitative estimate of drug-likeness (QED) is 0.810. The molecule has 2 aromatic rings. The highest BCUT2D eigenvalue weighted by atomic mass is 32.2. The van der Waals surface area contributed by atoms with Crippen LogP contribution < -0.4 is 0 Å². The smallest absolute Gasteiger partial charge is 0.199 e. The summed E-state index contributed by atoms with van der Waals surface area (Å²) < 4.78 is 24.4. The lowest BCUT2D eigenvalue weighted by Gasteiger charge is -2.01. The van der Waals surface area contributed by atoms with E-state index in [2.05, 4.69) is 0 Å². The van der Waals surface area contributed by atoms with Crippen LogP contribution in [0, 0.1) is 0 Å². The van der Waals surface area contributed by atoms with E-state index in [1.54, 1.807) is 12.1 Å². The van der Waals surface area contributed by atoms with Crippen molar-refractivity contribution in [3.05, 3.63) is 71.1 Å². The van der Waals surface area contributed by atoms with Crippen molar-refractivity contribution in [1.82, 2.24) is 0 Å². The van der Waals surface area contributed by atoms with Crippen molar-refractivity contribution in [2.75, 3.05) is 0 Å². The van der Waals surface area contributed by atoms with Gasteiger partial charge in [-0.1, -0.05) is 42.5 Å². The molecule has 20 heavy (non-hydrogen) atoms. The van der Waals surface area contributed by atoms with Crippen LogP contribution in [0.4, 0.5) is 0 Å². The summed E-state index contributed by atoms with van der Waals surface area (Å²) in [6.07, 6.45) is 1.54. The summed E-state index contributed by atoms with van der Waals surface area (Å²) in [6, 6.07) is 15.2. The van der Waals surface area contributed by atoms with Gasteiger partial charge in [0.05, 0.1) is 4.90 Å². The predicted molar refractivity (Wildman–Crippen MR) is 79.1 cm³/mol. The Hall–Kier alpha value is -2.20. The molecule has 0 fully saturated rings. The van der Waals surface area contributed by atoms with Crippen LogP contribution in [0.15, 0.2) is 64.9 Å². The second-order valence-electron chi connectivity index (χ2n) is 4.34. The Balaban J connectivity index is 2.34. The van der Waals surface area contributed by atoms with Crippen molar-refractivity contribution >= 4 is 21.7 Å². The number of ketones is 1. The largest absolute Gasteiger partial charge is 0.295 e. The standard InChI is InChI=1S/C16H14O3S/c1-13(17)15-8-5-9-16(12-15)20(18,19)11-10-14-6-3-2-4-7-14/h2-12H,1H3. The average Bonchev–Trinajstić information content (AvgIpc) is 2.46. The van der Waals surface area contributed by atoms with Crippen LogP contribution in [-0.2, 0) is 9.84 Å². The van der Waals surface area contributed by atoms with Crippen molar-refractivity contribution < 1.29 is 13.2 Å². The Morgan fingerprint density at radius 1 is 1.00 bits per heavy atom. The summed E-state index contributed by atoms with van der Waals surface area (Å²) in [5.74, 6) is -0.158. The number of sulfone groups is 1. The van der Waals surface area contributed by atoms with Crippen molar-refractivity contribution in [1.29, 1.82) is 0 Å². The normalized spacial score (nSPS) is 11.7. The Morgan fingerprint density at radius 2 is 1.70 bits per heavy atom. The van der Waals surface area contributed by atoms with E-state index >= 15 is 0 Å². The van der Waals surface area contributed by atoms with Gasteiger partial charge in [-0.15, -0.1) is 0 Å². The molecule has 2 aromatic carbocycles. The molecule has 4 heteroatoms. The van der Waals surface area contributed by atoms with Crippen LogP contribution in [0.25, 0.3) is 6.08 Å². The number of benzene rings is 2. The van der Waals surface area contributed by atoms with E-state index in [1.807, 2.05) is 30.3 Å². The van der Waals surface area contributed by atoms with Gasteiger partial charge in [-0.3, -0.25) is 4.79 Å². The summed E-state index contributed by atoms with van der Waals surface area (Å²) in [5, 5.41) is 1.15. The highest BCUT2D eigenvalue weighted by Crippen LogP contribution is 2.16. The second-order valence-corrected chi connectivity index (χ2v) is 6.18. The van der Waals surface area contributed by atoms with Crippen LogP contribution in [0.2, 0.25) is 0 Å². The fourth-order valence-electron chi connectivity index (χ4n) is 1.70. The molecule has 0 aromatic heterocycles. The first-order valence-corrected chi connectivity index (χ1v) is 7.63. The maximum Gasteiger partial charge on any atom is 0.199 e. The van der Waals surface area contributed by atoms with Gasteiger partial charge >= 0.3 is 0 Å². The minimum atomic E-state index is -3.55. The summed E-state index contributed by atoms with van der Waals surface area (Å²) in [4.78, 5) is 11.4. The molecule has 0 saturated heterocycles. The van der Waals surface area contributed by atoms with Gasteiger partial charge in [-0.25, -0.2) is 8.42 Å². The Labute approximate surface area is 118 Å². The number of hydrogen-bond donors (Lipinski definition) is 0. The van der Waals surface area contributed by atoms with Crippen LogP contribution in [0.1, 0.15) is 22.8 Å². The minimum Gasteiger partial charge on any atom is -0.295 e. The van der Waals surface area contributed by atoms with E-state index in [0.29, 0.717) is 5.56 Å². The fourth-order valence-corrected chi connectivity index (χ4v) is 2.76. The van der Waals surface area contributed by atoms with Gasteiger partial charge in [-0.2, -0.15) is 0 Å². The Kier molecular flexibility index (Phi) is 4.15. The van der Waals surface area contributed by atoms with Gasteiger partial charge in [0.1, 0.15) is 0 Å². The molecule has 0 aliphatic heterocycles. The van der Waals surface area contributed by atoms with Gasteiger partial charge < -0.3 is 0 Å². The molecule has 0 aliphatic rings. The lowest BCUT2D eigenvalue weighted by atomic mass is 10.2. The molecule has 0 aliphatic carbocycles. The van der Waals surface area contributed by atoms with E-state index in [1.165, 1.54) is 25.1 Å². The monoisotopic (exact) mass is 286 g/mol. The molecule has 2 rings (SSSR count). The number of Topliss-reactive ketones (excluding diaryl/α,β-unsaturated/α-hetero) is 1. The zero-order valence-electron chi connectivity index (χ0n) is 11.0. The third-order valence-electron chi connectivity index (χ3n) is 2.81. The topological polar surface area (TPSA) is 51.2 Å². The molecule has 0 unspecified atom stereocenters. The molecule has 0 heterocycles. The third kappa shape index (κ3) is 3.42. The average molecular weight is 286 g/mol. The molecular weight excluding hydrogens is 272 g/mol. The van der Waals surface area contributed by atoms with Crippen LogP contribution in [0.3, 0.4) is 0 Å². The van der Waals surface area contributed by atoms with E-state index < -0.39 is 9.84 Å². The summed E-state index contributed by atoms with van der Waals surface area (Å²) in [6.45, 7) is 1.41. The molecule has 0 atom stereocenters. The lowest BCUT2D eigenvalue weighted by molar-refractivity contribution is 0.101. The van der Waals surface area contributed by atoms with Crippen molar-refractivity contribution in [3.8, 4) is 0 Å². The van der Waals surface area contributed by atoms with Gasteiger partial charge in [0.2, 0.25) is 0 Å².